The van der Waals surface area contributed by atoms with Gasteiger partial charge in [0.05, 0.1) is 0 Å². The monoisotopic (exact) mass is 243 g/mol. The van der Waals surface area contributed by atoms with Crippen LogP contribution in [0.15, 0.2) is 5.16 Å². The molecule has 17 heavy (non-hydrogen) atoms. The van der Waals surface area contributed by atoms with E-state index in [0.29, 0.717) is 26.1 Å². The van der Waals surface area contributed by atoms with Crippen LogP contribution in [0.25, 0.3) is 0 Å². The largest absolute Gasteiger partial charge is 0.396 e. The first-order valence-electron chi connectivity index (χ1n) is 5.74. The predicted molar refractivity (Wildman–Crippen MR) is 65.9 cm³/mol. The second-order valence-electron chi connectivity index (χ2n) is 3.59. The van der Waals surface area contributed by atoms with Gasteiger partial charge < -0.3 is 15.5 Å². The number of unbranched alkanes of at least 4 members (excludes halogenated alkanes) is 1. The number of rotatable bonds is 10. The highest BCUT2D eigenvalue weighted by molar-refractivity contribution is 6.26. The fraction of sp³-hybridized carbons (Fsp3) is 0.727. The molecule has 0 unspecified atom stereocenters. The van der Waals surface area contributed by atoms with Gasteiger partial charge in [-0.25, -0.2) is 0 Å². The molecule has 0 saturated carbocycles. The van der Waals surface area contributed by atoms with Crippen molar-refractivity contribution in [3.8, 4) is 0 Å². The smallest absolute Gasteiger partial charge is 0.221 e. The molecule has 0 heterocycles. The third-order valence-electron chi connectivity index (χ3n) is 1.90. The molecular formula is C11H21N3O3. The van der Waals surface area contributed by atoms with E-state index in [1.807, 2.05) is 7.05 Å². The van der Waals surface area contributed by atoms with Crippen LogP contribution in [-0.2, 0) is 14.4 Å². The first-order chi connectivity index (χ1) is 8.16. The highest BCUT2D eigenvalue weighted by Gasteiger charge is 1.98. The maximum Gasteiger partial charge on any atom is 0.221 e. The standard InChI is InChI=1S/C11H21N3O3/c1-10(15)9-14-17-8-4-3-6-13-11(16)5-7-12-2/h9,12H,3-8H2,1-2H3,(H,13,16). The molecule has 0 fully saturated rings. The van der Waals surface area contributed by atoms with E-state index >= 15 is 0 Å². The minimum Gasteiger partial charge on any atom is -0.396 e. The van der Waals surface area contributed by atoms with Gasteiger partial charge in [-0.2, -0.15) is 0 Å². The van der Waals surface area contributed by atoms with Crippen LogP contribution in [-0.4, -0.2) is 44.6 Å². The highest BCUT2D eigenvalue weighted by Crippen LogP contribution is 1.89. The molecule has 0 aliphatic rings. The molecule has 0 aromatic rings. The normalized spacial score (nSPS) is 10.5. The van der Waals surface area contributed by atoms with Gasteiger partial charge in [0.25, 0.3) is 0 Å². The number of hydrogen-bond donors (Lipinski definition) is 2. The molecule has 98 valence electrons. The lowest BCUT2D eigenvalue weighted by Crippen LogP contribution is -2.27. The van der Waals surface area contributed by atoms with E-state index in [-0.39, 0.29) is 11.7 Å². The van der Waals surface area contributed by atoms with Gasteiger partial charge in [-0.3, -0.25) is 9.59 Å². The lowest BCUT2D eigenvalue weighted by Gasteiger charge is -2.04. The number of carbonyl (C=O) groups excluding carboxylic acids is 2. The van der Waals surface area contributed by atoms with Gasteiger partial charge in [0.2, 0.25) is 5.91 Å². The SMILES string of the molecule is CNCCC(=O)NCCCCON=CC(C)=O. The van der Waals surface area contributed by atoms with Crippen LogP contribution in [0, 0.1) is 0 Å². The average molecular weight is 243 g/mol. The first-order valence-corrected chi connectivity index (χ1v) is 5.74. The van der Waals surface area contributed by atoms with Crippen LogP contribution in [0.4, 0.5) is 0 Å². The highest BCUT2D eigenvalue weighted by atomic mass is 16.6. The Kier molecular flexibility index (Phi) is 10.1. The van der Waals surface area contributed by atoms with Crippen LogP contribution in [0.2, 0.25) is 0 Å². The van der Waals surface area contributed by atoms with E-state index in [9.17, 15) is 9.59 Å². The Hall–Kier alpha value is -1.43. The molecule has 0 radical (unpaired) electrons. The number of nitrogens with one attached hydrogen (secondary N) is 2. The topological polar surface area (TPSA) is 79.8 Å². The van der Waals surface area contributed by atoms with Crippen molar-refractivity contribution in [2.24, 2.45) is 5.16 Å². The van der Waals surface area contributed by atoms with Crippen LogP contribution < -0.4 is 10.6 Å². The summed E-state index contributed by atoms with van der Waals surface area (Å²) in [6.45, 7) is 3.20. The van der Waals surface area contributed by atoms with Crippen LogP contribution >= 0.6 is 0 Å². The van der Waals surface area contributed by atoms with Crippen LogP contribution in [0.1, 0.15) is 26.2 Å². The van der Waals surface area contributed by atoms with Crippen molar-refractivity contribution in [1.82, 2.24) is 10.6 Å². The molecule has 0 aliphatic carbocycles. The first kappa shape index (κ1) is 15.6. The van der Waals surface area contributed by atoms with Gasteiger partial charge in [-0.1, -0.05) is 5.16 Å². The van der Waals surface area contributed by atoms with E-state index in [2.05, 4.69) is 15.8 Å². The summed E-state index contributed by atoms with van der Waals surface area (Å²) in [5.41, 5.74) is 0. The summed E-state index contributed by atoms with van der Waals surface area (Å²) in [4.78, 5) is 26.5. The van der Waals surface area contributed by atoms with Gasteiger partial charge in [-0.05, 0) is 19.9 Å². The fourth-order valence-corrected chi connectivity index (χ4v) is 1.01. The number of Topliss-reactive ketones (excluding diaryl/α,β-unsaturated/α-hetero) is 1. The van der Waals surface area contributed by atoms with Crippen LogP contribution in [0.5, 0.6) is 0 Å². The van der Waals surface area contributed by atoms with E-state index in [1.54, 1.807) is 0 Å². The molecule has 2 N–H and O–H groups in total. The number of hydrogen-bond acceptors (Lipinski definition) is 5. The summed E-state index contributed by atoms with van der Waals surface area (Å²) in [6.07, 6.45) is 3.26. The van der Waals surface area contributed by atoms with Crippen molar-refractivity contribution in [1.29, 1.82) is 0 Å². The number of amides is 1. The summed E-state index contributed by atoms with van der Waals surface area (Å²) >= 11 is 0. The lowest BCUT2D eigenvalue weighted by atomic mass is 10.3. The van der Waals surface area contributed by atoms with Gasteiger partial charge in [0, 0.05) is 26.4 Å². The van der Waals surface area contributed by atoms with Crippen molar-refractivity contribution in [2.75, 3.05) is 26.7 Å². The summed E-state index contributed by atoms with van der Waals surface area (Å²) in [5.74, 6) is -0.0864. The van der Waals surface area contributed by atoms with Gasteiger partial charge in [0.15, 0.2) is 5.78 Å². The third-order valence-corrected chi connectivity index (χ3v) is 1.90. The molecule has 0 atom stereocenters. The van der Waals surface area contributed by atoms with Gasteiger partial charge in [-0.15, -0.1) is 0 Å². The summed E-state index contributed by atoms with van der Waals surface area (Å²) < 4.78 is 0. The number of ketones is 1. The fourth-order valence-electron chi connectivity index (χ4n) is 1.01. The van der Waals surface area contributed by atoms with Crippen molar-refractivity contribution in [3.63, 3.8) is 0 Å². The zero-order chi connectivity index (χ0) is 12.9. The molecule has 0 aromatic heterocycles. The average Bonchev–Trinajstić information content (AvgIpc) is 2.29. The van der Waals surface area contributed by atoms with E-state index in [1.165, 1.54) is 6.92 Å². The van der Waals surface area contributed by atoms with Crippen molar-refractivity contribution < 1.29 is 14.4 Å². The van der Waals surface area contributed by atoms with E-state index in [4.69, 9.17) is 4.84 Å². The van der Waals surface area contributed by atoms with E-state index in [0.717, 1.165) is 19.1 Å². The van der Waals surface area contributed by atoms with Crippen molar-refractivity contribution in [3.05, 3.63) is 0 Å². The molecule has 0 spiro atoms. The molecule has 0 aromatic carbocycles. The molecule has 6 nitrogen and oxygen atoms in total. The lowest BCUT2D eigenvalue weighted by molar-refractivity contribution is -0.121. The molecular weight excluding hydrogens is 222 g/mol. The summed E-state index contributed by atoms with van der Waals surface area (Å²) in [6, 6.07) is 0. The summed E-state index contributed by atoms with van der Waals surface area (Å²) in [5, 5.41) is 9.18. The Morgan fingerprint density at radius 1 is 1.29 bits per heavy atom. The Balaban J connectivity index is 3.23. The molecule has 0 rings (SSSR count). The van der Waals surface area contributed by atoms with Gasteiger partial charge >= 0.3 is 0 Å². The maximum atomic E-state index is 11.2. The molecule has 0 saturated heterocycles. The quantitative estimate of drug-likeness (QED) is 0.323. The summed E-state index contributed by atoms with van der Waals surface area (Å²) in [7, 11) is 1.81. The Morgan fingerprint density at radius 2 is 2.06 bits per heavy atom. The number of oxime groups is 1. The Labute approximate surface area is 102 Å². The number of carbonyl (C=O) groups is 2. The van der Waals surface area contributed by atoms with Crippen molar-refractivity contribution in [2.45, 2.75) is 26.2 Å². The number of nitrogens with zero attached hydrogens (tertiary/aromatic N) is 1. The molecule has 0 bridgehead atoms. The minimum atomic E-state index is -0.137. The third kappa shape index (κ3) is 12.5. The maximum absolute atomic E-state index is 11.2. The zero-order valence-electron chi connectivity index (χ0n) is 10.5. The van der Waals surface area contributed by atoms with Crippen LogP contribution in [0.3, 0.4) is 0 Å². The zero-order valence-corrected chi connectivity index (χ0v) is 10.5. The van der Waals surface area contributed by atoms with Crippen molar-refractivity contribution >= 4 is 17.9 Å². The molecule has 6 heteroatoms. The molecule has 1 amide bonds. The molecule has 0 aliphatic heterocycles. The Morgan fingerprint density at radius 3 is 2.71 bits per heavy atom. The Bertz CT molecular complexity index is 254. The van der Waals surface area contributed by atoms with Gasteiger partial charge in [0.1, 0.15) is 12.8 Å². The second kappa shape index (κ2) is 11.1. The predicted octanol–water partition coefficient (Wildman–Crippen LogP) is 0.0837. The minimum absolute atomic E-state index is 0.0508. The second-order valence-corrected chi connectivity index (χ2v) is 3.59. The van der Waals surface area contributed by atoms with E-state index < -0.39 is 0 Å².